The van der Waals surface area contributed by atoms with E-state index in [-0.39, 0.29) is 12.4 Å². The molecule has 0 amide bonds. The Kier molecular flexibility index (Phi) is 7.33. The summed E-state index contributed by atoms with van der Waals surface area (Å²) < 4.78 is 46.7. The van der Waals surface area contributed by atoms with E-state index in [2.05, 4.69) is 4.74 Å². The SMILES string of the molecule is O=C(O)/C=C/c1cc(-c2ccc(OC(F)(F)F)cc2)ccc1OCc1ccc(Cl)cc1Cl. The van der Waals surface area contributed by atoms with Gasteiger partial charge in [-0.2, -0.15) is 0 Å². The fraction of sp³-hybridized carbons (Fsp3) is 0.0870. The highest BCUT2D eigenvalue weighted by atomic mass is 35.5. The maximum absolute atomic E-state index is 12.3. The number of carboxylic acids is 1. The maximum atomic E-state index is 12.3. The average Bonchev–Trinajstić information content (AvgIpc) is 2.71. The van der Waals surface area contributed by atoms with Crippen LogP contribution in [0.15, 0.2) is 66.7 Å². The van der Waals surface area contributed by atoms with Crippen LogP contribution in [0.25, 0.3) is 17.2 Å². The first-order chi connectivity index (χ1) is 15.1. The largest absolute Gasteiger partial charge is 0.573 e. The van der Waals surface area contributed by atoms with Crippen molar-refractivity contribution in [3.63, 3.8) is 0 Å². The van der Waals surface area contributed by atoms with Crippen molar-refractivity contribution in [1.29, 1.82) is 0 Å². The van der Waals surface area contributed by atoms with Crippen molar-refractivity contribution in [3.8, 4) is 22.6 Å². The molecule has 0 aliphatic rings. The molecule has 0 heterocycles. The molecule has 32 heavy (non-hydrogen) atoms. The van der Waals surface area contributed by atoms with E-state index in [9.17, 15) is 18.0 Å². The third-order valence-corrected chi connectivity index (χ3v) is 4.82. The van der Waals surface area contributed by atoms with Crippen LogP contribution in [0.2, 0.25) is 10.0 Å². The molecule has 0 aliphatic heterocycles. The Balaban J connectivity index is 1.86. The number of halogens is 5. The Labute approximate surface area is 191 Å². The minimum atomic E-state index is -4.78. The molecular weight excluding hydrogens is 468 g/mol. The van der Waals surface area contributed by atoms with E-state index < -0.39 is 12.3 Å². The van der Waals surface area contributed by atoms with E-state index in [1.54, 1.807) is 36.4 Å². The first-order valence-electron chi connectivity index (χ1n) is 9.09. The number of ether oxygens (including phenoxy) is 2. The zero-order valence-corrected chi connectivity index (χ0v) is 17.7. The van der Waals surface area contributed by atoms with Crippen LogP contribution in [0.3, 0.4) is 0 Å². The van der Waals surface area contributed by atoms with Crippen LogP contribution in [0, 0.1) is 0 Å². The average molecular weight is 483 g/mol. The second kappa shape index (κ2) is 9.97. The number of benzene rings is 3. The van der Waals surface area contributed by atoms with Crippen LogP contribution < -0.4 is 9.47 Å². The number of hydrogen-bond donors (Lipinski definition) is 1. The number of aliphatic carboxylic acids is 1. The van der Waals surface area contributed by atoms with E-state index in [1.807, 2.05) is 0 Å². The van der Waals surface area contributed by atoms with Crippen LogP contribution in [0.4, 0.5) is 13.2 Å². The highest BCUT2D eigenvalue weighted by Crippen LogP contribution is 2.31. The number of rotatable bonds is 7. The van der Waals surface area contributed by atoms with Crippen LogP contribution in [-0.4, -0.2) is 17.4 Å². The fourth-order valence-electron chi connectivity index (χ4n) is 2.79. The predicted molar refractivity (Wildman–Crippen MR) is 116 cm³/mol. The second-order valence-corrected chi connectivity index (χ2v) is 7.36. The maximum Gasteiger partial charge on any atom is 0.573 e. The summed E-state index contributed by atoms with van der Waals surface area (Å²) in [6.45, 7) is 0.118. The molecule has 0 unspecified atom stereocenters. The van der Waals surface area contributed by atoms with Gasteiger partial charge in [-0.3, -0.25) is 0 Å². The van der Waals surface area contributed by atoms with Gasteiger partial charge in [-0.05, 0) is 53.6 Å². The van der Waals surface area contributed by atoms with Crippen molar-refractivity contribution < 1.29 is 32.5 Å². The zero-order chi connectivity index (χ0) is 23.3. The van der Waals surface area contributed by atoms with E-state index in [4.69, 9.17) is 33.0 Å². The lowest BCUT2D eigenvalue weighted by Gasteiger charge is -2.13. The molecule has 1 N–H and O–H groups in total. The molecule has 0 bridgehead atoms. The van der Waals surface area contributed by atoms with Crippen molar-refractivity contribution in [1.82, 2.24) is 0 Å². The normalized spacial score (nSPS) is 11.5. The van der Waals surface area contributed by atoms with Crippen LogP contribution >= 0.6 is 23.2 Å². The molecule has 0 radical (unpaired) electrons. The number of alkyl halides is 3. The van der Waals surface area contributed by atoms with Crippen LogP contribution in [0.5, 0.6) is 11.5 Å². The fourth-order valence-corrected chi connectivity index (χ4v) is 3.26. The van der Waals surface area contributed by atoms with Crippen LogP contribution in [-0.2, 0) is 11.4 Å². The summed E-state index contributed by atoms with van der Waals surface area (Å²) in [5.74, 6) is -1.09. The lowest BCUT2D eigenvalue weighted by atomic mass is 10.0. The van der Waals surface area contributed by atoms with Gasteiger partial charge in [0.1, 0.15) is 18.1 Å². The van der Waals surface area contributed by atoms with E-state index in [0.717, 1.165) is 6.08 Å². The first-order valence-corrected chi connectivity index (χ1v) is 9.84. The predicted octanol–water partition coefficient (Wildman–Crippen LogP) is 7.24. The summed E-state index contributed by atoms with van der Waals surface area (Å²) in [4.78, 5) is 11.0. The van der Waals surface area contributed by atoms with Gasteiger partial charge in [-0.1, -0.05) is 47.5 Å². The Morgan fingerprint density at radius 1 is 0.969 bits per heavy atom. The molecule has 0 fully saturated rings. The minimum Gasteiger partial charge on any atom is -0.488 e. The molecule has 0 atom stereocenters. The van der Waals surface area contributed by atoms with Gasteiger partial charge in [-0.15, -0.1) is 13.2 Å². The van der Waals surface area contributed by atoms with Gasteiger partial charge in [0.05, 0.1) is 0 Å². The quantitative estimate of drug-likeness (QED) is 0.360. The lowest BCUT2D eigenvalue weighted by Crippen LogP contribution is -2.16. The number of carbonyl (C=O) groups is 1. The van der Waals surface area contributed by atoms with Gasteiger partial charge in [0.2, 0.25) is 0 Å². The molecule has 0 saturated carbocycles. The van der Waals surface area contributed by atoms with Crippen molar-refractivity contribution >= 4 is 35.2 Å². The monoisotopic (exact) mass is 482 g/mol. The van der Waals surface area contributed by atoms with Gasteiger partial charge in [0, 0.05) is 27.2 Å². The molecule has 9 heteroatoms. The molecule has 0 aliphatic carbocycles. The van der Waals surface area contributed by atoms with Crippen molar-refractivity contribution in [2.24, 2.45) is 0 Å². The topological polar surface area (TPSA) is 55.8 Å². The highest BCUT2D eigenvalue weighted by molar-refractivity contribution is 6.35. The third kappa shape index (κ3) is 6.67. The van der Waals surface area contributed by atoms with Crippen LogP contribution in [0.1, 0.15) is 11.1 Å². The standard InChI is InChI=1S/C23H15Cl2F3O4/c24-18-6-1-17(20(25)12-18)13-31-21-9-4-15(11-16(21)5-10-22(29)30)14-2-7-19(8-3-14)32-23(26,27)28/h1-12H,13H2,(H,29,30)/b10-5+. The summed E-state index contributed by atoms with van der Waals surface area (Å²) in [7, 11) is 0. The molecule has 166 valence electrons. The summed E-state index contributed by atoms with van der Waals surface area (Å²) >= 11 is 12.1. The van der Waals surface area contributed by atoms with Crippen molar-refractivity contribution in [2.45, 2.75) is 13.0 Å². The van der Waals surface area contributed by atoms with Gasteiger partial charge >= 0.3 is 12.3 Å². The number of carboxylic acid groups (broad SMARTS) is 1. The highest BCUT2D eigenvalue weighted by Gasteiger charge is 2.30. The summed E-state index contributed by atoms with van der Waals surface area (Å²) in [5.41, 5.74) is 2.40. The third-order valence-electron chi connectivity index (χ3n) is 4.23. The van der Waals surface area contributed by atoms with Gasteiger partial charge in [0.25, 0.3) is 0 Å². The van der Waals surface area contributed by atoms with E-state index in [0.29, 0.717) is 38.0 Å². The zero-order valence-electron chi connectivity index (χ0n) is 16.2. The van der Waals surface area contributed by atoms with Gasteiger partial charge in [0.15, 0.2) is 0 Å². The Bertz CT molecular complexity index is 1140. The molecule has 3 aromatic carbocycles. The van der Waals surface area contributed by atoms with Crippen molar-refractivity contribution in [2.75, 3.05) is 0 Å². The lowest BCUT2D eigenvalue weighted by molar-refractivity contribution is -0.274. The molecule has 4 nitrogen and oxygen atoms in total. The summed E-state index contributed by atoms with van der Waals surface area (Å²) in [6, 6.07) is 15.3. The van der Waals surface area contributed by atoms with E-state index in [1.165, 1.54) is 30.3 Å². The molecule has 3 rings (SSSR count). The Morgan fingerprint density at radius 2 is 1.66 bits per heavy atom. The summed E-state index contributed by atoms with van der Waals surface area (Å²) in [6.07, 6.45) is -2.45. The summed E-state index contributed by atoms with van der Waals surface area (Å²) in [5, 5.41) is 9.90. The molecule has 0 spiro atoms. The van der Waals surface area contributed by atoms with Gasteiger partial charge in [-0.25, -0.2) is 4.79 Å². The van der Waals surface area contributed by atoms with Gasteiger partial charge < -0.3 is 14.6 Å². The second-order valence-electron chi connectivity index (χ2n) is 6.52. The molecular formula is C23H15Cl2F3O4. The molecule has 3 aromatic rings. The van der Waals surface area contributed by atoms with E-state index >= 15 is 0 Å². The minimum absolute atomic E-state index is 0.118. The van der Waals surface area contributed by atoms with Crippen molar-refractivity contribution in [3.05, 3.63) is 87.9 Å². The molecule has 0 aromatic heterocycles. The smallest absolute Gasteiger partial charge is 0.488 e. The number of hydrogen-bond acceptors (Lipinski definition) is 3. The Hall–Kier alpha value is -3.16. The Morgan fingerprint density at radius 3 is 2.28 bits per heavy atom. The molecule has 0 saturated heterocycles. The first kappa shape index (κ1) is 23.5.